The van der Waals surface area contributed by atoms with Crippen LogP contribution in [0.2, 0.25) is 13.1 Å². The fourth-order valence-electron chi connectivity index (χ4n) is 9.38. The molecule has 0 bridgehead atoms. The molecule has 0 saturated heterocycles. The van der Waals surface area contributed by atoms with E-state index >= 15 is 0 Å². The van der Waals surface area contributed by atoms with Crippen molar-refractivity contribution < 1.29 is 15.3 Å². The Kier molecular flexibility index (Phi) is 10.9. The van der Waals surface area contributed by atoms with Crippen molar-refractivity contribution in [2.24, 2.45) is 10.8 Å². The standard InChI is InChI=1S/2C23H27.C2H7Si.2ClH.Hf/c2*1-6-16(2)19-11-7-8-12-20(19)21-13-9-10-17-14-18(15-22(17)21)23(3,4)5;1-3-2;;;/h2*7-16H,6H2,1-5H3;3H,1-2H3;2*1H;/q;;;;;+2/p-2. The monoisotopic (exact) mass is 915 g/mol. The zero-order valence-electron chi connectivity index (χ0n) is 33.8. The van der Waals surface area contributed by atoms with Gasteiger partial charge in [-0.05, 0) is 0 Å². The second kappa shape index (κ2) is 14.3. The van der Waals surface area contributed by atoms with Crippen LogP contribution in [0.25, 0.3) is 34.4 Å². The summed E-state index contributed by atoms with van der Waals surface area (Å²) in [5.41, 5.74) is 16.2. The molecule has 0 nitrogen and oxygen atoms in total. The first-order chi connectivity index (χ1) is 24.4. The van der Waals surface area contributed by atoms with E-state index < -0.39 is 21.3 Å². The molecule has 0 heterocycles. The van der Waals surface area contributed by atoms with Crippen LogP contribution in [0, 0.1) is 10.8 Å². The molecule has 0 spiro atoms. The summed E-state index contributed by atoms with van der Waals surface area (Å²) in [6.45, 7) is 28.5. The van der Waals surface area contributed by atoms with Crippen LogP contribution >= 0.6 is 17.2 Å². The average Bonchev–Trinajstić information content (AvgIpc) is 3.73. The predicted octanol–water partition coefficient (Wildman–Crippen LogP) is 15.7. The van der Waals surface area contributed by atoms with Crippen LogP contribution in [0.4, 0.5) is 0 Å². The predicted molar refractivity (Wildman–Crippen MR) is 232 cm³/mol. The molecule has 2 aliphatic rings. The van der Waals surface area contributed by atoms with Crippen LogP contribution in [0.15, 0.2) is 96.1 Å². The molecule has 6 rings (SSSR count). The zero-order chi connectivity index (χ0) is 38.0. The molecule has 4 heteroatoms. The van der Waals surface area contributed by atoms with Gasteiger partial charge in [0.25, 0.3) is 0 Å². The Morgan fingerprint density at radius 1 is 0.558 bits per heavy atom. The summed E-state index contributed by atoms with van der Waals surface area (Å²) in [5.74, 6) is -0.790. The molecule has 0 amide bonds. The van der Waals surface area contributed by atoms with E-state index in [0.29, 0.717) is 11.8 Å². The summed E-state index contributed by atoms with van der Waals surface area (Å²) in [6, 6.07) is 32.1. The van der Waals surface area contributed by atoms with Gasteiger partial charge >= 0.3 is 327 Å². The summed E-state index contributed by atoms with van der Waals surface area (Å²) in [6.07, 6.45) is 7.28. The van der Waals surface area contributed by atoms with Crippen LogP contribution in [-0.4, -0.2) is 5.98 Å². The minimum absolute atomic E-state index is 0.0375. The molecule has 4 atom stereocenters. The first kappa shape index (κ1) is 39.7. The van der Waals surface area contributed by atoms with Crippen molar-refractivity contribution in [3.05, 3.63) is 129 Å². The van der Waals surface area contributed by atoms with Crippen LogP contribution in [0.1, 0.15) is 135 Å². The third-order valence-corrected chi connectivity index (χ3v) is 85.3. The van der Waals surface area contributed by atoms with E-state index in [1.165, 1.54) is 66.8 Å². The fourth-order valence-corrected chi connectivity index (χ4v) is 53.9. The molecular formula is C48H61Cl2HfSi. The quantitative estimate of drug-likeness (QED) is 0.147. The fraction of sp³-hybridized carbons (Fsp3) is 0.417. The van der Waals surface area contributed by atoms with Crippen LogP contribution in [0.3, 0.4) is 0 Å². The van der Waals surface area contributed by atoms with Gasteiger partial charge in [0.1, 0.15) is 0 Å². The SMILES string of the molecule is CCC(C)c1ccccc1-c1cccc2c1C=C(C(C)(C)C)[CH]2[Hf]([Cl])([Cl])([CH]1C(C(C)(C)C)=Cc2c(-c3ccccc3C(C)CC)cccc21)[SiH](C)C. The average molecular weight is 915 g/mol. The summed E-state index contributed by atoms with van der Waals surface area (Å²) in [7, 11) is 17.9. The number of halogens is 2. The summed E-state index contributed by atoms with van der Waals surface area (Å²) in [4.78, 5) is 0. The zero-order valence-corrected chi connectivity index (χ0v) is 40.1. The molecule has 275 valence electrons. The van der Waals surface area contributed by atoms with Gasteiger partial charge in [0, 0.05) is 0 Å². The van der Waals surface area contributed by atoms with Gasteiger partial charge < -0.3 is 0 Å². The van der Waals surface area contributed by atoms with Crippen molar-refractivity contribution in [3.8, 4) is 22.3 Å². The minimum atomic E-state index is -5.22. The summed E-state index contributed by atoms with van der Waals surface area (Å²) < 4.78 is 0.0749. The van der Waals surface area contributed by atoms with E-state index in [2.05, 4.69) is 179 Å². The number of benzene rings is 4. The first-order valence-electron chi connectivity index (χ1n) is 19.8. The number of fused-ring (bicyclic) bond motifs is 2. The van der Waals surface area contributed by atoms with Gasteiger partial charge in [-0.25, -0.2) is 0 Å². The third kappa shape index (κ3) is 6.48. The number of hydrogen-bond donors (Lipinski definition) is 0. The molecule has 0 aliphatic heterocycles. The third-order valence-electron chi connectivity index (χ3n) is 12.9. The van der Waals surface area contributed by atoms with E-state index in [9.17, 15) is 0 Å². The van der Waals surface area contributed by atoms with Crippen LogP contribution in [-0.2, 0) is 15.3 Å². The van der Waals surface area contributed by atoms with Crippen LogP contribution < -0.4 is 0 Å². The molecule has 4 unspecified atom stereocenters. The molecule has 0 aromatic heterocycles. The Bertz CT molecular complexity index is 1910. The van der Waals surface area contributed by atoms with E-state index in [1.54, 1.807) is 0 Å². The molecule has 2 aliphatic carbocycles. The Morgan fingerprint density at radius 2 is 0.904 bits per heavy atom. The van der Waals surface area contributed by atoms with E-state index in [0.717, 1.165) is 12.8 Å². The van der Waals surface area contributed by atoms with Crippen molar-refractivity contribution >= 4 is 35.3 Å². The molecule has 0 N–H and O–H groups in total. The summed E-state index contributed by atoms with van der Waals surface area (Å²) in [5, 5.41) is 0. The van der Waals surface area contributed by atoms with Gasteiger partial charge in [0.2, 0.25) is 0 Å². The van der Waals surface area contributed by atoms with E-state index in [-0.39, 0.29) is 18.2 Å². The molecule has 4 aromatic rings. The topological polar surface area (TPSA) is 0 Å². The second-order valence-electron chi connectivity index (χ2n) is 18.4. The van der Waals surface area contributed by atoms with Gasteiger partial charge in [-0.2, -0.15) is 0 Å². The van der Waals surface area contributed by atoms with Gasteiger partial charge in [0.05, 0.1) is 0 Å². The van der Waals surface area contributed by atoms with Crippen molar-refractivity contribution in [2.75, 3.05) is 0 Å². The first-order valence-corrected chi connectivity index (χ1v) is 42.0. The van der Waals surface area contributed by atoms with E-state index in [4.69, 9.17) is 17.2 Å². The Balaban J connectivity index is 1.66. The van der Waals surface area contributed by atoms with Crippen molar-refractivity contribution in [1.29, 1.82) is 0 Å². The van der Waals surface area contributed by atoms with Gasteiger partial charge in [-0.1, -0.05) is 0 Å². The Hall–Kier alpha value is -1.97. The number of hydrogen-bond acceptors (Lipinski definition) is 0. The number of allylic oxidation sites excluding steroid dienone is 2. The molecule has 0 fully saturated rings. The Morgan fingerprint density at radius 3 is 1.23 bits per heavy atom. The molecule has 52 heavy (non-hydrogen) atoms. The molecule has 0 radical (unpaired) electrons. The van der Waals surface area contributed by atoms with Gasteiger partial charge in [-0.15, -0.1) is 0 Å². The second-order valence-corrected chi connectivity index (χ2v) is 77.6. The van der Waals surface area contributed by atoms with Gasteiger partial charge in [-0.3, -0.25) is 0 Å². The van der Waals surface area contributed by atoms with Crippen molar-refractivity contribution in [1.82, 2.24) is 0 Å². The van der Waals surface area contributed by atoms with Crippen molar-refractivity contribution in [2.45, 2.75) is 114 Å². The van der Waals surface area contributed by atoms with Crippen LogP contribution in [0.5, 0.6) is 0 Å². The molecule has 0 saturated carbocycles. The summed E-state index contributed by atoms with van der Waals surface area (Å²) >= 11 is -5.22. The maximum absolute atomic E-state index is 8.97. The van der Waals surface area contributed by atoms with Crippen molar-refractivity contribution in [3.63, 3.8) is 0 Å². The Labute approximate surface area is 325 Å². The number of rotatable bonds is 9. The molecular weight excluding hydrogens is 854 g/mol. The van der Waals surface area contributed by atoms with E-state index in [1.807, 2.05) is 0 Å². The molecule has 4 aromatic carbocycles. The normalized spacial score (nSPS) is 19.4. The maximum atomic E-state index is 8.97. The van der Waals surface area contributed by atoms with Gasteiger partial charge in [0.15, 0.2) is 0 Å².